The molecule has 4 aromatic rings. The molecule has 186 valence electrons. The van der Waals surface area contributed by atoms with Crippen molar-refractivity contribution in [3.8, 4) is 11.4 Å². The van der Waals surface area contributed by atoms with E-state index in [9.17, 15) is 18.0 Å². The Balaban J connectivity index is 1.61. The minimum absolute atomic E-state index is 0.0713. The van der Waals surface area contributed by atoms with E-state index < -0.39 is 12.3 Å². The molecule has 2 heterocycles. The summed E-state index contributed by atoms with van der Waals surface area (Å²) >= 11 is 1.26. The average Bonchev–Trinajstić information content (AvgIpc) is 3.27. The Morgan fingerprint density at radius 1 is 1.06 bits per heavy atom. The number of aromatic nitrogens is 5. The minimum Gasteiger partial charge on any atom is -0.406 e. The van der Waals surface area contributed by atoms with Crippen LogP contribution in [0.3, 0.4) is 0 Å². The second-order valence-electron chi connectivity index (χ2n) is 7.89. The van der Waals surface area contributed by atoms with Crippen LogP contribution in [0.4, 0.5) is 18.9 Å². The van der Waals surface area contributed by atoms with E-state index in [-0.39, 0.29) is 17.2 Å². The number of hydrogen-bond acceptors (Lipinski definition) is 7. The molecular formula is C24H21F3N6O2S. The van der Waals surface area contributed by atoms with Gasteiger partial charge in [0.25, 0.3) is 5.91 Å². The number of benzene rings is 2. The third kappa shape index (κ3) is 6.39. The largest absolute Gasteiger partial charge is 0.573 e. The minimum atomic E-state index is -4.80. The first-order valence-electron chi connectivity index (χ1n) is 10.8. The summed E-state index contributed by atoms with van der Waals surface area (Å²) in [4.78, 5) is 21.4. The maximum atomic E-state index is 13.1. The van der Waals surface area contributed by atoms with Gasteiger partial charge >= 0.3 is 6.36 Å². The van der Waals surface area contributed by atoms with E-state index in [2.05, 4.69) is 44.2 Å². The van der Waals surface area contributed by atoms with E-state index in [0.717, 1.165) is 17.7 Å². The Kier molecular flexibility index (Phi) is 7.53. The summed E-state index contributed by atoms with van der Waals surface area (Å²) < 4.78 is 42.9. The highest BCUT2D eigenvalue weighted by Crippen LogP contribution is 2.27. The number of nitrogens with zero attached hydrogens (tertiary/aromatic N) is 5. The molecule has 0 saturated carbocycles. The number of halogens is 3. The molecule has 2 aromatic carbocycles. The highest BCUT2D eigenvalue weighted by atomic mass is 32.2. The van der Waals surface area contributed by atoms with Gasteiger partial charge in [0.2, 0.25) is 0 Å². The Labute approximate surface area is 208 Å². The van der Waals surface area contributed by atoms with Crippen LogP contribution in [0.15, 0.2) is 72.1 Å². The van der Waals surface area contributed by atoms with Gasteiger partial charge in [0.1, 0.15) is 5.75 Å². The first-order chi connectivity index (χ1) is 17.2. The molecule has 0 aliphatic rings. The Hall–Kier alpha value is -3.93. The number of carbonyl (C=O) groups excluding carboxylic acids is 1. The summed E-state index contributed by atoms with van der Waals surface area (Å²) in [6, 6.07) is 14.3. The number of ether oxygens (including phenoxy) is 1. The Morgan fingerprint density at radius 2 is 1.72 bits per heavy atom. The molecule has 0 aliphatic heterocycles. The highest BCUT2D eigenvalue weighted by Gasteiger charge is 2.31. The van der Waals surface area contributed by atoms with Gasteiger partial charge in [0.05, 0.1) is 11.4 Å². The summed E-state index contributed by atoms with van der Waals surface area (Å²) in [5, 5.41) is 11.5. The van der Waals surface area contributed by atoms with E-state index in [4.69, 9.17) is 0 Å². The number of hydrogen-bond donors (Lipinski definition) is 1. The third-order valence-electron chi connectivity index (χ3n) is 5.01. The number of anilines is 1. The lowest BCUT2D eigenvalue weighted by Gasteiger charge is -2.11. The van der Waals surface area contributed by atoms with Crippen molar-refractivity contribution in [2.45, 2.75) is 37.0 Å². The summed E-state index contributed by atoms with van der Waals surface area (Å²) in [6.45, 7) is 4.15. The normalized spacial score (nSPS) is 11.5. The second kappa shape index (κ2) is 10.8. The zero-order valence-electron chi connectivity index (χ0n) is 19.2. The number of nitrogens with one attached hydrogen (secondary N) is 1. The van der Waals surface area contributed by atoms with Crippen molar-refractivity contribution >= 4 is 23.4 Å². The van der Waals surface area contributed by atoms with Crippen LogP contribution in [-0.2, 0) is 5.75 Å². The molecule has 0 radical (unpaired) electrons. The standard InChI is InChI=1S/C24H21F3N6O2S/c1-15(2)16-4-6-17(7-5-16)30-22(34)21-20(14-36-23-28-12-3-13-29-23)33(32-31-21)18-8-10-19(11-9-18)35-24(25,26)27/h3-13,15H,14H2,1-2H3,(H,30,34). The van der Waals surface area contributed by atoms with E-state index in [1.807, 2.05) is 24.3 Å². The van der Waals surface area contributed by atoms with Crippen LogP contribution in [0, 0.1) is 0 Å². The molecule has 2 aromatic heterocycles. The SMILES string of the molecule is CC(C)c1ccc(NC(=O)c2nnn(-c3ccc(OC(F)(F)F)cc3)c2CSc2ncccn2)cc1. The van der Waals surface area contributed by atoms with Crippen LogP contribution < -0.4 is 10.1 Å². The van der Waals surface area contributed by atoms with Crippen LogP contribution in [0.1, 0.15) is 41.5 Å². The van der Waals surface area contributed by atoms with E-state index in [1.165, 1.54) is 28.6 Å². The molecule has 0 saturated heterocycles. The topological polar surface area (TPSA) is 94.8 Å². The van der Waals surface area contributed by atoms with Crippen LogP contribution in [-0.4, -0.2) is 37.2 Å². The summed E-state index contributed by atoms with van der Waals surface area (Å²) in [6.07, 6.45) is -1.61. The van der Waals surface area contributed by atoms with Crippen molar-refractivity contribution in [1.29, 1.82) is 0 Å². The fraction of sp³-hybridized carbons (Fsp3) is 0.208. The van der Waals surface area contributed by atoms with Crippen molar-refractivity contribution in [3.63, 3.8) is 0 Å². The van der Waals surface area contributed by atoms with E-state index in [0.29, 0.717) is 28.1 Å². The Morgan fingerprint density at radius 3 is 2.33 bits per heavy atom. The van der Waals surface area contributed by atoms with Gasteiger partial charge in [-0.2, -0.15) is 0 Å². The van der Waals surface area contributed by atoms with Crippen molar-refractivity contribution < 1.29 is 22.7 Å². The number of amides is 1. The van der Waals surface area contributed by atoms with Crippen LogP contribution in [0.5, 0.6) is 5.75 Å². The molecule has 8 nitrogen and oxygen atoms in total. The smallest absolute Gasteiger partial charge is 0.406 e. The lowest BCUT2D eigenvalue weighted by molar-refractivity contribution is -0.274. The average molecular weight is 515 g/mol. The van der Waals surface area contributed by atoms with Crippen molar-refractivity contribution in [1.82, 2.24) is 25.0 Å². The van der Waals surface area contributed by atoms with Gasteiger partial charge in [-0.1, -0.05) is 43.0 Å². The highest BCUT2D eigenvalue weighted by molar-refractivity contribution is 7.98. The molecule has 12 heteroatoms. The Bertz CT molecular complexity index is 1310. The molecular weight excluding hydrogens is 493 g/mol. The maximum absolute atomic E-state index is 13.1. The predicted molar refractivity (Wildman–Crippen MR) is 128 cm³/mol. The zero-order chi connectivity index (χ0) is 25.7. The van der Waals surface area contributed by atoms with Crippen molar-refractivity contribution in [3.05, 3.63) is 83.9 Å². The van der Waals surface area contributed by atoms with Crippen LogP contribution in [0.2, 0.25) is 0 Å². The molecule has 0 unspecified atom stereocenters. The number of carbonyl (C=O) groups is 1. The fourth-order valence-corrected chi connectivity index (χ4v) is 4.03. The summed E-state index contributed by atoms with van der Waals surface area (Å²) in [5.74, 6) is -0.262. The molecule has 1 N–H and O–H groups in total. The van der Waals surface area contributed by atoms with Crippen molar-refractivity contribution in [2.75, 3.05) is 5.32 Å². The van der Waals surface area contributed by atoms with Gasteiger partial charge in [-0.3, -0.25) is 4.79 Å². The molecule has 0 bridgehead atoms. The van der Waals surface area contributed by atoms with Gasteiger partial charge < -0.3 is 10.1 Å². The monoisotopic (exact) mass is 514 g/mol. The number of rotatable bonds is 8. The maximum Gasteiger partial charge on any atom is 0.573 e. The van der Waals surface area contributed by atoms with Gasteiger partial charge in [0, 0.05) is 23.8 Å². The molecule has 36 heavy (non-hydrogen) atoms. The fourth-order valence-electron chi connectivity index (χ4n) is 3.24. The summed E-state index contributed by atoms with van der Waals surface area (Å²) in [5.41, 5.74) is 2.63. The zero-order valence-corrected chi connectivity index (χ0v) is 20.0. The van der Waals surface area contributed by atoms with Crippen LogP contribution >= 0.6 is 11.8 Å². The molecule has 0 fully saturated rings. The molecule has 0 atom stereocenters. The second-order valence-corrected chi connectivity index (χ2v) is 8.83. The predicted octanol–water partition coefficient (Wildman–Crippen LogP) is 5.62. The van der Waals surface area contributed by atoms with Crippen LogP contribution in [0.25, 0.3) is 5.69 Å². The van der Waals surface area contributed by atoms with Crippen molar-refractivity contribution in [2.24, 2.45) is 0 Å². The van der Waals surface area contributed by atoms with Gasteiger partial charge in [0.15, 0.2) is 10.9 Å². The first-order valence-corrected chi connectivity index (χ1v) is 11.8. The molecule has 0 spiro atoms. The first kappa shape index (κ1) is 25.2. The summed E-state index contributed by atoms with van der Waals surface area (Å²) in [7, 11) is 0. The van der Waals surface area contributed by atoms with Gasteiger partial charge in [-0.15, -0.1) is 18.3 Å². The molecule has 0 aliphatic carbocycles. The number of thioether (sulfide) groups is 1. The lowest BCUT2D eigenvalue weighted by Crippen LogP contribution is -2.17. The lowest BCUT2D eigenvalue weighted by atomic mass is 10.0. The van der Waals surface area contributed by atoms with Gasteiger partial charge in [-0.05, 0) is 53.9 Å². The van der Waals surface area contributed by atoms with E-state index in [1.54, 1.807) is 18.5 Å². The third-order valence-corrected chi connectivity index (χ3v) is 5.90. The quantitative estimate of drug-likeness (QED) is 0.241. The molecule has 1 amide bonds. The van der Waals surface area contributed by atoms with Gasteiger partial charge in [-0.25, -0.2) is 14.6 Å². The van der Waals surface area contributed by atoms with E-state index >= 15 is 0 Å². The molecule has 4 rings (SSSR count). The number of alkyl halides is 3.